The maximum atomic E-state index is 10.8. The van der Waals surface area contributed by atoms with Gasteiger partial charge in [0.15, 0.2) is 0 Å². The maximum absolute atomic E-state index is 10.8. The van der Waals surface area contributed by atoms with Gasteiger partial charge in [-0.25, -0.2) is 4.98 Å². The average Bonchev–Trinajstić information content (AvgIpc) is 2.39. The van der Waals surface area contributed by atoms with Crippen molar-refractivity contribution in [3.63, 3.8) is 0 Å². The molecule has 0 aliphatic rings. The van der Waals surface area contributed by atoms with Crippen LogP contribution in [0.15, 0.2) is 36.8 Å². The van der Waals surface area contributed by atoms with Gasteiger partial charge in [-0.2, -0.15) is 0 Å². The monoisotopic (exact) mass is 231 g/mol. The molecular weight excluding hydrogens is 222 g/mol. The molecule has 0 atom stereocenters. The van der Waals surface area contributed by atoms with Crippen LogP contribution in [0.5, 0.6) is 5.88 Å². The van der Waals surface area contributed by atoms with E-state index in [0.717, 1.165) is 5.56 Å². The number of pyridine rings is 2. The van der Waals surface area contributed by atoms with E-state index in [1.165, 1.54) is 19.4 Å². The number of nitro groups is 1. The predicted molar refractivity (Wildman–Crippen MR) is 60.7 cm³/mol. The van der Waals surface area contributed by atoms with Crippen molar-refractivity contribution in [1.82, 2.24) is 9.97 Å². The number of rotatable bonds is 3. The van der Waals surface area contributed by atoms with Gasteiger partial charge in [0, 0.05) is 30.2 Å². The van der Waals surface area contributed by atoms with Crippen LogP contribution >= 0.6 is 0 Å². The Kier molecular flexibility index (Phi) is 2.95. The van der Waals surface area contributed by atoms with Gasteiger partial charge in [-0.1, -0.05) is 0 Å². The topological polar surface area (TPSA) is 78.2 Å². The lowest BCUT2D eigenvalue weighted by Crippen LogP contribution is -1.96. The molecule has 2 aromatic heterocycles. The lowest BCUT2D eigenvalue weighted by atomic mass is 10.1. The van der Waals surface area contributed by atoms with E-state index in [1.807, 2.05) is 0 Å². The summed E-state index contributed by atoms with van der Waals surface area (Å²) in [5.74, 6) is 0.00723. The fraction of sp³-hybridized carbons (Fsp3) is 0.0909. The van der Waals surface area contributed by atoms with Crippen molar-refractivity contribution < 1.29 is 9.66 Å². The van der Waals surface area contributed by atoms with Gasteiger partial charge in [-0.3, -0.25) is 15.1 Å². The number of nitrogens with zero attached hydrogens (tertiary/aromatic N) is 3. The second-order valence-corrected chi connectivity index (χ2v) is 3.25. The van der Waals surface area contributed by atoms with Crippen LogP contribution in [-0.2, 0) is 0 Å². The average molecular weight is 231 g/mol. The van der Waals surface area contributed by atoms with E-state index in [9.17, 15) is 10.1 Å². The molecule has 0 spiro atoms. The van der Waals surface area contributed by atoms with E-state index in [4.69, 9.17) is 4.74 Å². The Bertz CT molecular complexity index is 543. The summed E-state index contributed by atoms with van der Waals surface area (Å²) in [6, 6.07) is 4.95. The molecule has 0 radical (unpaired) electrons. The third kappa shape index (κ3) is 2.20. The lowest BCUT2D eigenvalue weighted by Gasteiger charge is -2.03. The summed E-state index contributed by atoms with van der Waals surface area (Å²) < 4.78 is 4.83. The highest BCUT2D eigenvalue weighted by Gasteiger charge is 2.17. The zero-order chi connectivity index (χ0) is 12.3. The third-order valence-corrected chi connectivity index (χ3v) is 2.24. The van der Waals surface area contributed by atoms with E-state index in [1.54, 1.807) is 24.5 Å². The number of aromatic nitrogens is 2. The first-order chi connectivity index (χ1) is 8.22. The summed E-state index contributed by atoms with van der Waals surface area (Å²) >= 11 is 0. The normalized spacial score (nSPS) is 9.94. The maximum Gasteiger partial charge on any atom is 0.331 e. The van der Waals surface area contributed by atoms with Gasteiger partial charge in [0.25, 0.3) is 5.88 Å². The molecule has 0 amide bonds. The molecule has 0 saturated heterocycles. The quantitative estimate of drug-likeness (QED) is 0.596. The van der Waals surface area contributed by atoms with Crippen molar-refractivity contribution in [1.29, 1.82) is 0 Å². The van der Waals surface area contributed by atoms with Gasteiger partial charge in [0.1, 0.15) is 0 Å². The molecule has 86 valence electrons. The van der Waals surface area contributed by atoms with Gasteiger partial charge >= 0.3 is 5.69 Å². The molecule has 6 nitrogen and oxygen atoms in total. The Morgan fingerprint density at radius 3 is 2.59 bits per heavy atom. The Hall–Kier alpha value is -2.50. The molecule has 0 aromatic carbocycles. The minimum absolute atomic E-state index is 0.00723. The smallest absolute Gasteiger partial charge is 0.331 e. The van der Waals surface area contributed by atoms with Crippen LogP contribution in [0.3, 0.4) is 0 Å². The molecule has 2 heterocycles. The highest BCUT2D eigenvalue weighted by molar-refractivity contribution is 5.66. The zero-order valence-electron chi connectivity index (χ0n) is 9.03. The van der Waals surface area contributed by atoms with Crippen molar-refractivity contribution in [3.8, 4) is 17.0 Å². The summed E-state index contributed by atoms with van der Waals surface area (Å²) in [5.41, 5.74) is 1.32. The van der Waals surface area contributed by atoms with Gasteiger partial charge < -0.3 is 4.74 Å². The molecule has 2 rings (SSSR count). The molecule has 0 bridgehead atoms. The predicted octanol–water partition coefficient (Wildman–Crippen LogP) is 2.06. The van der Waals surface area contributed by atoms with Crippen LogP contribution in [0.2, 0.25) is 0 Å². The van der Waals surface area contributed by atoms with Crippen LogP contribution in [0, 0.1) is 10.1 Å². The SMILES string of the molecule is COc1ncc(-c2ccncc2)cc1[N+](=O)[O-]. The van der Waals surface area contributed by atoms with Gasteiger partial charge in [0.2, 0.25) is 0 Å². The Labute approximate surface area is 97.1 Å². The molecule has 2 aromatic rings. The summed E-state index contributed by atoms with van der Waals surface area (Å²) in [6.45, 7) is 0. The molecule has 17 heavy (non-hydrogen) atoms. The summed E-state index contributed by atoms with van der Waals surface area (Å²) in [7, 11) is 1.35. The standard InChI is InChI=1S/C11H9N3O3/c1-17-11-10(14(15)16)6-9(7-13-11)8-2-4-12-5-3-8/h2-7H,1H3. The molecule has 0 unspecified atom stereocenters. The largest absolute Gasteiger partial charge is 0.476 e. The first-order valence-corrected chi connectivity index (χ1v) is 4.81. The summed E-state index contributed by atoms with van der Waals surface area (Å²) in [4.78, 5) is 18.1. The van der Waals surface area contributed by atoms with Gasteiger partial charge in [0.05, 0.1) is 12.0 Å². The molecular formula is C11H9N3O3. The van der Waals surface area contributed by atoms with Crippen LogP contribution in [0.4, 0.5) is 5.69 Å². The summed E-state index contributed by atoms with van der Waals surface area (Å²) in [5, 5.41) is 10.8. The molecule has 0 saturated carbocycles. The second-order valence-electron chi connectivity index (χ2n) is 3.25. The Morgan fingerprint density at radius 2 is 2.00 bits per heavy atom. The van der Waals surface area contributed by atoms with Crippen molar-refractivity contribution in [2.24, 2.45) is 0 Å². The molecule has 0 aliphatic carbocycles. The number of hydrogen-bond donors (Lipinski definition) is 0. The fourth-order valence-electron chi connectivity index (χ4n) is 1.43. The van der Waals surface area contributed by atoms with Crippen LogP contribution in [-0.4, -0.2) is 22.0 Å². The minimum Gasteiger partial charge on any atom is -0.476 e. The van der Waals surface area contributed by atoms with Crippen LogP contribution in [0.25, 0.3) is 11.1 Å². The molecule has 0 aliphatic heterocycles. The molecule has 0 fully saturated rings. The minimum atomic E-state index is -0.517. The first kappa shape index (κ1) is 11.0. The van der Waals surface area contributed by atoms with E-state index < -0.39 is 4.92 Å². The molecule has 0 N–H and O–H groups in total. The number of ether oxygens (including phenoxy) is 1. The van der Waals surface area contributed by atoms with Crippen molar-refractivity contribution in [2.45, 2.75) is 0 Å². The molecule has 6 heteroatoms. The highest BCUT2D eigenvalue weighted by Crippen LogP contribution is 2.29. The van der Waals surface area contributed by atoms with E-state index in [0.29, 0.717) is 5.56 Å². The summed E-state index contributed by atoms with van der Waals surface area (Å²) in [6.07, 6.45) is 4.76. The van der Waals surface area contributed by atoms with Gasteiger partial charge in [-0.15, -0.1) is 0 Å². The number of hydrogen-bond acceptors (Lipinski definition) is 5. The lowest BCUT2D eigenvalue weighted by molar-refractivity contribution is -0.386. The van der Waals surface area contributed by atoms with E-state index in [2.05, 4.69) is 9.97 Å². The number of methoxy groups -OCH3 is 1. The van der Waals surface area contributed by atoms with E-state index in [-0.39, 0.29) is 11.6 Å². The van der Waals surface area contributed by atoms with Crippen molar-refractivity contribution in [2.75, 3.05) is 7.11 Å². The van der Waals surface area contributed by atoms with E-state index >= 15 is 0 Å². The van der Waals surface area contributed by atoms with Crippen molar-refractivity contribution >= 4 is 5.69 Å². The zero-order valence-corrected chi connectivity index (χ0v) is 9.03. The third-order valence-electron chi connectivity index (χ3n) is 2.24. The fourth-order valence-corrected chi connectivity index (χ4v) is 1.43. The Morgan fingerprint density at radius 1 is 1.29 bits per heavy atom. The second kappa shape index (κ2) is 4.56. The highest BCUT2D eigenvalue weighted by atomic mass is 16.6. The first-order valence-electron chi connectivity index (χ1n) is 4.81. The van der Waals surface area contributed by atoms with Crippen molar-refractivity contribution in [3.05, 3.63) is 46.9 Å². The van der Waals surface area contributed by atoms with Gasteiger partial charge in [-0.05, 0) is 17.7 Å². The van der Waals surface area contributed by atoms with Crippen LogP contribution in [0.1, 0.15) is 0 Å². The van der Waals surface area contributed by atoms with Crippen LogP contribution < -0.4 is 4.74 Å². The Balaban J connectivity index is 2.51.